The summed E-state index contributed by atoms with van der Waals surface area (Å²) in [6.07, 6.45) is 11.8. The van der Waals surface area contributed by atoms with E-state index in [-0.39, 0.29) is 42.4 Å². The standard InChI is InChI=1S/C27H32N4O6/c32-23-16-31(24(33)14-19-7-4-10-28-15-19)22-8-11-30(25(22)23)26(34)21(13-18-5-2-1-3-6-18)29-27(35)37-20-9-12-36-17-20/h4,7,9-10,12,15,17-18,21-22,25H,1-3,5-6,8,11,13-14,16H2,(H,29,35). The Morgan fingerprint density at radius 2 is 1.97 bits per heavy atom. The van der Waals surface area contributed by atoms with Gasteiger partial charge in [-0.25, -0.2) is 4.79 Å². The van der Waals surface area contributed by atoms with Gasteiger partial charge in [-0.15, -0.1) is 0 Å². The van der Waals surface area contributed by atoms with E-state index < -0.39 is 18.2 Å². The normalized spacial score (nSPS) is 22.5. The first-order valence-electron chi connectivity index (χ1n) is 13.0. The van der Waals surface area contributed by atoms with Crippen molar-refractivity contribution >= 4 is 23.7 Å². The molecule has 2 aromatic heterocycles. The van der Waals surface area contributed by atoms with Crippen LogP contribution in [0.1, 0.15) is 50.5 Å². The van der Waals surface area contributed by atoms with Crippen LogP contribution in [0.15, 0.2) is 47.5 Å². The van der Waals surface area contributed by atoms with E-state index in [1.165, 1.54) is 25.0 Å². The fraction of sp³-hybridized carbons (Fsp3) is 0.519. The molecule has 3 amide bonds. The summed E-state index contributed by atoms with van der Waals surface area (Å²) in [6, 6.07) is 3.26. The lowest BCUT2D eigenvalue weighted by atomic mass is 9.84. The van der Waals surface area contributed by atoms with E-state index >= 15 is 0 Å². The van der Waals surface area contributed by atoms with Gasteiger partial charge in [-0.05, 0) is 30.4 Å². The minimum atomic E-state index is -0.811. The van der Waals surface area contributed by atoms with Gasteiger partial charge in [0, 0.05) is 25.0 Å². The number of aromatic nitrogens is 1. The summed E-state index contributed by atoms with van der Waals surface area (Å²) in [5.41, 5.74) is 0.780. The second-order valence-corrected chi connectivity index (χ2v) is 10.1. The molecule has 1 N–H and O–H groups in total. The number of pyridine rings is 1. The molecule has 3 fully saturated rings. The zero-order valence-electron chi connectivity index (χ0n) is 20.7. The number of ether oxygens (including phenoxy) is 1. The first-order valence-corrected chi connectivity index (χ1v) is 13.0. The molecule has 196 valence electrons. The van der Waals surface area contributed by atoms with Gasteiger partial charge in [0.1, 0.15) is 18.3 Å². The fourth-order valence-electron chi connectivity index (χ4n) is 5.94. The number of carbonyl (C=O) groups is 4. The second kappa shape index (κ2) is 11.1. The lowest BCUT2D eigenvalue weighted by Crippen LogP contribution is -2.53. The molecule has 3 aliphatic rings. The van der Waals surface area contributed by atoms with Crippen LogP contribution in [-0.4, -0.2) is 69.7 Å². The van der Waals surface area contributed by atoms with Gasteiger partial charge in [0.05, 0.1) is 25.3 Å². The summed E-state index contributed by atoms with van der Waals surface area (Å²) in [7, 11) is 0. The summed E-state index contributed by atoms with van der Waals surface area (Å²) in [4.78, 5) is 59.7. The molecule has 3 atom stereocenters. The van der Waals surface area contributed by atoms with Crippen molar-refractivity contribution in [3.8, 4) is 5.75 Å². The Bertz CT molecular complexity index is 1120. The Morgan fingerprint density at radius 1 is 1.14 bits per heavy atom. The molecule has 37 heavy (non-hydrogen) atoms. The monoisotopic (exact) mass is 508 g/mol. The molecular weight excluding hydrogens is 476 g/mol. The second-order valence-electron chi connectivity index (χ2n) is 10.1. The van der Waals surface area contributed by atoms with Crippen molar-refractivity contribution < 1.29 is 28.3 Å². The van der Waals surface area contributed by atoms with Gasteiger partial charge < -0.3 is 24.3 Å². The number of hydrogen-bond donors (Lipinski definition) is 1. The SMILES string of the molecule is O=C(NC(CC1CCCCC1)C(=O)N1CCC2C1C(=O)CN2C(=O)Cc1cccnc1)Oc1ccoc1. The number of rotatable bonds is 7. The highest BCUT2D eigenvalue weighted by Gasteiger charge is 2.52. The number of Topliss-reactive ketones (excluding diaryl/α,β-unsaturated/α-hetero) is 1. The first kappa shape index (κ1) is 25.0. The van der Waals surface area contributed by atoms with Crippen molar-refractivity contribution in [3.63, 3.8) is 0 Å². The highest BCUT2D eigenvalue weighted by molar-refractivity contribution is 5.99. The fourth-order valence-corrected chi connectivity index (χ4v) is 5.94. The molecular formula is C27H32N4O6. The van der Waals surface area contributed by atoms with Gasteiger partial charge in [0.2, 0.25) is 11.8 Å². The zero-order valence-corrected chi connectivity index (χ0v) is 20.7. The number of hydrogen-bond acceptors (Lipinski definition) is 7. The molecule has 0 radical (unpaired) electrons. The third-order valence-corrected chi connectivity index (χ3v) is 7.69. The van der Waals surface area contributed by atoms with Crippen LogP contribution in [0.2, 0.25) is 0 Å². The quantitative estimate of drug-likeness (QED) is 0.610. The Labute approximate surface area is 215 Å². The molecule has 2 saturated heterocycles. The number of fused-ring (bicyclic) bond motifs is 1. The molecule has 0 aromatic carbocycles. The minimum Gasteiger partial charge on any atom is -0.469 e. The van der Waals surface area contributed by atoms with Crippen molar-refractivity contribution in [2.24, 2.45) is 5.92 Å². The highest BCUT2D eigenvalue weighted by Crippen LogP contribution is 2.33. The number of amides is 3. The predicted octanol–water partition coefficient (Wildman–Crippen LogP) is 2.73. The van der Waals surface area contributed by atoms with Crippen LogP contribution in [0.5, 0.6) is 5.75 Å². The molecule has 0 bridgehead atoms. The Hall–Kier alpha value is -3.69. The van der Waals surface area contributed by atoms with E-state index in [9.17, 15) is 19.2 Å². The maximum absolute atomic E-state index is 13.8. The average Bonchev–Trinajstić information content (AvgIpc) is 3.64. The van der Waals surface area contributed by atoms with E-state index in [0.29, 0.717) is 25.3 Å². The Balaban J connectivity index is 1.28. The minimum absolute atomic E-state index is 0.0124. The molecule has 3 unspecified atom stereocenters. The number of ketones is 1. The van der Waals surface area contributed by atoms with Crippen molar-refractivity contribution in [1.29, 1.82) is 0 Å². The van der Waals surface area contributed by atoms with Crippen molar-refractivity contribution in [1.82, 2.24) is 20.1 Å². The zero-order chi connectivity index (χ0) is 25.8. The summed E-state index contributed by atoms with van der Waals surface area (Å²) in [5.74, 6) is -0.0304. The van der Waals surface area contributed by atoms with Gasteiger partial charge in [-0.1, -0.05) is 38.2 Å². The number of furan rings is 1. The van der Waals surface area contributed by atoms with Crippen LogP contribution < -0.4 is 10.1 Å². The van der Waals surface area contributed by atoms with Crippen LogP contribution in [0.3, 0.4) is 0 Å². The maximum atomic E-state index is 13.8. The average molecular weight is 509 g/mol. The molecule has 1 aliphatic carbocycles. The van der Waals surface area contributed by atoms with Gasteiger partial charge in [-0.3, -0.25) is 19.4 Å². The van der Waals surface area contributed by atoms with E-state index in [1.54, 1.807) is 28.3 Å². The molecule has 10 heteroatoms. The highest BCUT2D eigenvalue weighted by atomic mass is 16.6. The predicted molar refractivity (Wildman–Crippen MR) is 131 cm³/mol. The lowest BCUT2D eigenvalue weighted by Gasteiger charge is -2.31. The molecule has 0 spiro atoms. The van der Waals surface area contributed by atoms with Crippen LogP contribution in [-0.2, 0) is 20.8 Å². The van der Waals surface area contributed by atoms with Crippen molar-refractivity contribution in [2.45, 2.75) is 69.5 Å². The molecule has 2 aliphatic heterocycles. The lowest BCUT2D eigenvalue weighted by molar-refractivity contribution is -0.138. The van der Waals surface area contributed by atoms with Gasteiger partial charge in [0.25, 0.3) is 0 Å². The molecule has 1 saturated carbocycles. The van der Waals surface area contributed by atoms with E-state index in [4.69, 9.17) is 9.15 Å². The van der Waals surface area contributed by atoms with Crippen LogP contribution in [0, 0.1) is 5.92 Å². The van der Waals surface area contributed by atoms with E-state index in [2.05, 4.69) is 10.3 Å². The summed E-state index contributed by atoms with van der Waals surface area (Å²) >= 11 is 0. The van der Waals surface area contributed by atoms with Crippen molar-refractivity contribution in [3.05, 3.63) is 48.7 Å². The topological polar surface area (TPSA) is 122 Å². The smallest absolute Gasteiger partial charge is 0.413 e. The third-order valence-electron chi connectivity index (χ3n) is 7.69. The van der Waals surface area contributed by atoms with E-state index in [0.717, 1.165) is 31.2 Å². The van der Waals surface area contributed by atoms with Crippen LogP contribution >= 0.6 is 0 Å². The van der Waals surface area contributed by atoms with E-state index in [1.807, 2.05) is 6.07 Å². The number of likely N-dealkylation sites (tertiary alicyclic amines) is 2. The van der Waals surface area contributed by atoms with Gasteiger partial charge in [0.15, 0.2) is 11.5 Å². The van der Waals surface area contributed by atoms with Crippen LogP contribution in [0.4, 0.5) is 4.79 Å². The number of carbonyl (C=O) groups excluding carboxylic acids is 4. The number of nitrogens with zero attached hydrogens (tertiary/aromatic N) is 3. The first-order chi connectivity index (χ1) is 18.0. The van der Waals surface area contributed by atoms with Crippen molar-refractivity contribution in [2.75, 3.05) is 13.1 Å². The van der Waals surface area contributed by atoms with Gasteiger partial charge >= 0.3 is 6.09 Å². The van der Waals surface area contributed by atoms with Crippen LogP contribution in [0.25, 0.3) is 0 Å². The number of nitrogens with one attached hydrogen (secondary N) is 1. The molecule has 5 rings (SSSR count). The summed E-state index contributed by atoms with van der Waals surface area (Å²) in [5, 5.41) is 2.75. The Kier molecular flexibility index (Phi) is 7.52. The molecule has 4 heterocycles. The summed E-state index contributed by atoms with van der Waals surface area (Å²) < 4.78 is 10.2. The summed E-state index contributed by atoms with van der Waals surface area (Å²) in [6.45, 7) is 0.345. The maximum Gasteiger partial charge on any atom is 0.413 e. The van der Waals surface area contributed by atoms with Gasteiger partial charge in [-0.2, -0.15) is 0 Å². The largest absolute Gasteiger partial charge is 0.469 e. The molecule has 2 aromatic rings. The molecule has 10 nitrogen and oxygen atoms in total. The third kappa shape index (κ3) is 5.68. The Morgan fingerprint density at radius 3 is 2.70 bits per heavy atom.